The second kappa shape index (κ2) is 5.86. The molecule has 20 heavy (non-hydrogen) atoms. The zero-order valence-electron chi connectivity index (χ0n) is 11.6. The van der Waals surface area contributed by atoms with Crippen LogP contribution in [0.4, 0.5) is 5.82 Å². The average molecular weight is 270 g/mol. The Kier molecular flexibility index (Phi) is 3.76. The molecule has 0 spiro atoms. The number of anilines is 1. The zero-order chi connectivity index (χ0) is 13.8. The molecule has 0 radical (unpaired) electrons. The van der Waals surface area contributed by atoms with Gasteiger partial charge in [0, 0.05) is 18.9 Å². The lowest BCUT2D eigenvalue weighted by Gasteiger charge is -2.33. The minimum absolute atomic E-state index is 0.176. The predicted octanol–water partition coefficient (Wildman–Crippen LogP) is 2.23. The Morgan fingerprint density at radius 3 is 3.00 bits per heavy atom. The summed E-state index contributed by atoms with van der Waals surface area (Å²) in [5.74, 6) is 1.76. The molecular formula is C15H18N4O. The SMILES string of the molecule is Cc1cncc(N2CCCC(Oc3cccnc3)C2)n1. The van der Waals surface area contributed by atoms with Crippen molar-refractivity contribution in [2.75, 3.05) is 18.0 Å². The van der Waals surface area contributed by atoms with E-state index in [9.17, 15) is 0 Å². The molecule has 3 heterocycles. The molecule has 1 fully saturated rings. The van der Waals surface area contributed by atoms with Crippen molar-refractivity contribution in [2.45, 2.75) is 25.9 Å². The van der Waals surface area contributed by atoms with Gasteiger partial charge in [-0.15, -0.1) is 0 Å². The predicted molar refractivity (Wildman–Crippen MR) is 76.9 cm³/mol. The maximum Gasteiger partial charge on any atom is 0.147 e. The molecule has 0 aromatic carbocycles. The summed E-state index contributed by atoms with van der Waals surface area (Å²) < 4.78 is 5.98. The summed E-state index contributed by atoms with van der Waals surface area (Å²) in [6.45, 7) is 3.81. The van der Waals surface area contributed by atoms with Crippen molar-refractivity contribution in [2.24, 2.45) is 0 Å². The second-order valence-corrected chi connectivity index (χ2v) is 5.04. The third kappa shape index (κ3) is 3.04. The highest BCUT2D eigenvalue weighted by Gasteiger charge is 2.22. The van der Waals surface area contributed by atoms with Crippen LogP contribution in [-0.4, -0.2) is 34.1 Å². The Morgan fingerprint density at radius 1 is 1.25 bits per heavy atom. The molecule has 0 amide bonds. The number of piperidine rings is 1. The lowest BCUT2D eigenvalue weighted by molar-refractivity contribution is 0.178. The zero-order valence-corrected chi connectivity index (χ0v) is 11.6. The molecule has 1 aliphatic heterocycles. The number of ether oxygens (including phenoxy) is 1. The first-order valence-electron chi connectivity index (χ1n) is 6.91. The number of rotatable bonds is 3. The third-order valence-corrected chi connectivity index (χ3v) is 3.38. The van der Waals surface area contributed by atoms with Crippen molar-refractivity contribution in [3.63, 3.8) is 0 Å². The van der Waals surface area contributed by atoms with Gasteiger partial charge in [-0.05, 0) is 31.9 Å². The highest BCUT2D eigenvalue weighted by Crippen LogP contribution is 2.21. The van der Waals surface area contributed by atoms with E-state index < -0.39 is 0 Å². The van der Waals surface area contributed by atoms with Crippen LogP contribution in [0.15, 0.2) is 36.9 Å². The van der Waals surface area contributed by atoms with Gasteiger partial charge in [0.2, 0.25) is 0 Å². The van der Waals surface area contributed by atoms with Crippen LogP contribution in [0.1, 0.15) is 18.5 Å². The first-order chi connectivity index (χ1) is 9.81. The minimum atomic E-state index is 0.176. The third-order valence-electron chi connectivity index (χ3n) is 3.38. The molecular weight excluding hydrogens is 252 g/mol. The molecule has 0 saturated carbocycles. The average Bonchev–Trinajstić information content (AvgIpc) is 2.49. The highest BCUT2D eigenvalue weighted by molar-refractivity contribution is 5.37. The van der Waals surface area contributed by atoms with E-state index >= 15 is 0 Å². The van der Waals surface area contributed by atoms with E-state index in [2.05, 4.69) is 19.9 Å². The van der Waals surface area contributed by atoms with E-state index in [1.165, 1.54) is 0 Å². The normalized spacial score (nSPS) is 18.9. The topological polar surface area (TPSA) is 51.1 Å². The summed E-state index contributed by atoms with van der Waals surface area (Å²) in [6.07, 6.45) is 9.44. The van der Waals surface area contributed by atoms with Gasteiger partial charge < -0.3 is 9.64 Å². The van der Waals surface area contributed by atoms with E-state index in [-0.39, 0.29) is 6.10 Å². The van der Waals surface area contributed by atoms with Crippen molar-refractivity contribution in [3.05, 3.63) is 42.6 Å². The van der Waals surface area contributed by atoms with Crippen LogP contribution in [0.25, 0.3) is 0 Å². The van der Waals surface area contributed by atoms with Gasteiger partial charge in [0.25, 0.3) is 0 Å². The molecule has 0 bridgehead atoms. The monoisotopic (exact) mass is 270 g/mol. The Hall–Kier alpha value is -2.17. The molecule has 1 aliphatic rings. The number of aromatic nitrogens is 3. The van der Waals surface area contributed by atoms with Crippen molar-refractivity contribution in [3.8, 4) is 5.75 Å². The van der Waals surface area contributed by atoms with Crippen molar-refractivity contribution in [1.82, 2.24) is 15.0 Å². The standard InChI is InChI=1S/C15H18N4O/c1-12-8-17-10-15(18-12)19-7-3-5-14(11-19)20-13-4-2-6-16-9-13/h2,4,6,8-10,14H,3,5,7,11H2,1H3. The molecule has 1 saturated heterocycles. The number of hydrogen-bond acceptors (Lipinski definition) is 5. The van der Waals surface area contributed by atoms with Crippen LogP contribution in [0.2, 0.25) is 0 Å². The fourth-order valence-electron chi connectivity index (χ4n) is 2.45. The Labute approximate surface area is 118 Å². The molecule has 1 atom stereocenters. The highest BCUT2D eigenvalue weighted by atomic mass is 16.5. The smallest absolute Gasteiger partial charge is 0.147 e. The fourth-order valence-corrected chi connectivity index (χ4v) is 2.45. The summed E-state index contributed by atoms with van der Waals surface area (Å²) in [5, 5.41) is 0. The van der Waals surface area contributed by atoms with Crippen molar-refractivity contribution in [1.29, 1.82) is 0 Å². The fraction of sp³-hybridized carbons (Fsp3) is 0.400. The number of nitrogens with zero attached hydrogens (tertiary/aromatic N) is 4. The van der Waals surface area contributed by atoms with Gasteiger partial charge in [0.1, 0.15) is 17.7 Å². The van der Waals surface area contributed by atoms with Gasteiger partial charge in [-0.3, -0.25) is 9.97 Å². The first-order valence-corrected chi connectivity index (χ1v) is 6.91. The number of hydrogen-bond donors (Lipinski definition) is 0. The summed E-state index contributed by atoms with van der Waals surface area (Å²) in [7, 11) is 0. The number of aryl methyl sites for hydroxylation is 1. The second-order valence-electron chi connectivity index (χ2n) is 5.04. The molecule has 2 aromatic heterocycles. The van der Waals surface area contributed by atoms with Gasteiger partial charge in [0.15, 0.2) is 0 Å². The van der Waals surface area contributed by atoms with Gasteiger partial charge in [0.05, 0.1) is 24.6 Å². The summed E-state index contributed by atoms with van der Waals surface area (Å²) in [6, 6.07) is 3.83. The van der Waals surface area contributed by atoms with Crippen LogP contribution in [0, 0.1) is 6.92 Å². The molecule has 0 aliphatic carbocycles. The summed E-state index contributed by atoms with van der Waals surface area (Å²) in [5.41, 5.74) is 0.942. The van der Waals surface area contributed by atoms with Gasteiger partial charge >= 0.3 is 0 Å². The molecule has 1 unspecified atom stereocenters. The van der Waals surface area contributed by atoms with E-state index in [1.807, 2.05) is 25.3 Å². The van der Waals surface area contributed by atoms with Crippen LogP contribution >= 0.6 is 0 Å². The summed E-state index contributed by atoms with van der Waals surface area (Å²) in [4.78, 5) is 15.1. The maximum atomic E-state index is 5.98. The van der Waals surface area contributed by atoms with Gasteiger partial charge in [-0.1, -0.05) is 0 Å². The lowest BCUT2D eigenvalue weighted by atomic mass is 10.1. The van der Waals surface area contributed by atoms with Gasteiger partial charge in [-0.2, -0.15) is 0 Å². The Bertz CT molecular complexity index is 561. The molecule has 5 nitrogen and oxygen atoms in total. The van der Waals surface area contributed by atoms with E-state index in [0.717, 1.165) is 43.2 Å². The first kappa shape index (κ1) is 12.8. The Morgan fingerprint density at radius 2 is 2.20 bits per heavy atom. The van der Waals surface area contributed by atoms with E-state index in [1.54, 1.807) is 18.6 Å². The van der Waals surface area contributed by atoms with Crippen molar-refractivity contribution >= 4 is 5.82 Å². The largest absolute Gasteiger partial charge is 0.487 e. The minimum Gasteiger partial charge on any atom is -0.487 e. The molecule has 5 heteroatoms. The van der Waals surface area contributed by atoms with Gasteiger partial charge in [-0.25, -0.2) is 4.98 Å². The van der Waals surface area contributed by atoms with E-state index in [4.69, 9.17) is 4.74 Å². The molecule has 104 valence electrons. The number of pyridine rings is 1. The van der Waals surface area contributed by atoms with Crippen molar-refractivity contribution < 1.29 is 4.74 Å². The van der Waals surface area contributed by atoms with Crippen LogP contribution in [0.5, 0.6) is 5.75 Å². The van der Waals surface area contributed by atoms with E-state index in [0.29, 0.717) is 0 Å². The van der Waals surface area contributed by atoms with Crippen LogP contribution in [-0.2, 0) is 0 Å². The van der Waals surface area contributed by atoms with Crippen LogP contribution in [0.3, 0.4) is 0 Å². The maximum absolute atomic E-state index is 5.98. The molecule has 0 N–H and O–H groups in total. The summed E-state index contributed by atoms with van der Waals surface area (Å²) >= 11 is 0. The quantitative estimate of drug-likeness (QED) is 0.856. The van der Waals surface area contributed by atoms with Crippen LogP contribution < -0.4 is 9.64 Å². The molecule has 3 rings (SSSR count). The lowest BCUT2D eigenvalue weighted by Crippen LogP contribution is -2.41. The molecule has 2 aromatic rings. The Balaban J connectivity index is 1.67.